The highest BCUT2D eigenvalue weighted by Gasteiger charge is 2.30. The maximum Gasteiger partial charge on any atom is 0.136 e. The average molecular weight is 348 g/mol. The van der Waals surface area contributed by atoms with Gasteiger partial charge < -0.3 is 4.55 Å². The van der Waals surface area contributed by atoms with E-state index in [9.17, 15) is 8.94 Å². The third-order valence-electron chi connectivity index (χ3n) is 2.54. The molecule has 0 bridgehead atoms. The molecule has 1 unspecified atom stereocenters. The van der Waals surface area contributed by atoms with Crippen LogP contribution in [0.2, 0.25) is 0 Å². The molecule has 0 aliphatic carbocycles. The summed E-state index contributed by atoms with van der Waals surface area (Å²) in [6, 6.07) is 4.26. The highest BCUT2D eigenvalue weighted by Crippen LogP contribution is 2.29. The molecule has 0 heterocycles. The lowest BCUT2D eigenvalue weighted by molar-refractivity contribution is 0.522. The predicted octanol–water partition coefficient (Wildman–Crippen LogP) is 4.26. The van der Waals surface area contributed by atoms with Gasteiger partial charge >= 0.3 is 0 Å². The summed E-state index contributed by atoms with van der Waals surface area (Å²) in [5.41, 5.74) is 0.748. The molecule has 0 aliphatic rings. The molecule has 2 atom stereocenters. The van der Waals surface area contributed by atoms with Gasteiger partial charge in [-0.15, -0.1) is 11.3 Å². The minimum atomic E-state index is -1.23. The molecular weight excluding hydrogens is 329 g/mol. The molecule has 106 valence electrons. The fraction of sp³-hybridized carbons (Fsp3) is 0.429. The van der Waals surface area contributed by atoms with Crippen molar-refractivity contribution in [2.24, 2.45) is 0 Å². The van der Waals surface area contributed by atoms with Crippen LogP contribution in [0.1, 0.15) is 38.8 Å². The molecule has 19 heavy (non-hydrogen) atoms. The summed E-state index contributed by atoms with van der Waals surface area (Å²) in [5.74, 6) is -0.310. The first kappa shape index (κ1) is 16.7. The van der Waals surface area contributed by atoms with Crippen LogP contribution >= 0.6 is 15.9 Å². The normalized spacial score (nSPS) is 15.1. The van der Waals surface area contributed by atoms with Crippen molar-refractivity contribution in [2.45, 2.75) is 38.0 Å². The Balaban J connectivity index is 3.00. The second-order valence-corrected chi connectivity index (χ2v) is 8.09. The molecule has 2 nitrogen and oxygen atoms in total. The molecule has 0 fully saturated rings. The Bertz CT molecular complexity index is 448. The van der Waals surface area contributed by atoms with E-state index in [0.717, 1.165) is 10.0 Å². The molecule has 0 amide bonds. The van der Waals surface area contributed by atoms with E-state index in [-0.39, 0.29) is 16.6 Å². The van der Waals surface area contributed by atoms with Gasteiger partial charge in [0.25, 0.3) is 0 Å². The lowest BCUT2D eigenvalue weighted by Crippen LogP contribution is -2.41. The van der Waals surface area contributed by atoms with Crippen LogP contribution in [0.4, 0.5) is 4.39 Å². The van der Waals surface area contributed by atoms with E-state index in [1.165, 1.54) is 12.1 Å². The molecule has 0 saturated carbocycles. The highest BCUT2D eigenvalue weighted by atomic mass is 79.9. The summed E-state index contributed by atoms with van der Waals surface area (Å²) in [6.45, 7) is 9.37. The lowest BCUT2D eigenvalue weighted by Gasteiger charge is -2.28. The van der Waals surface area contributed by atoms with Gasteiger partial charge in [0.1, 0.15) is 10.6 Å². The quantitative estimate of drug-likeness (QED) is 0.638. The Hall–Kier alpha value is -0.360. The second-order valence-electron chi connectivity index (χ2n) is 5.24. The number of halogens is 2. The Labute approximate surface area is 125 Å². The second kappa shape index (κ2) is 6.88. The topological polar surface area (TPSA) is 35.1 Å². The fourth-order valence-electron chi connectivity index (χ4n) is 1.49. The summed E-state index contributed by atoms with van der Waals surface area (Å²) in [7, 11) is 0. The SMILES string of the molecule is C=CC[C@@H](N[S+]([O-])C(C)(C)C)c1cc(F)ccc1Br. The van der Waals surface area contributed by atoms with Crippen LogP contribution in [0, 0.1) is 5.82 Å². The number of nitrogens with one attached hydrogen (secondary N) is 1. The van der Waals surface area contributed by atoms with E-state index >= 15 is 0 Å². The van der Waals surface area contributed by atoms with Gasteiger partial charge in [0, 0.05) is 15.8 Å². The molecule has 1 aromatic rings. The lowest BCUT2D eigenvalue weighted by atomic mass is 10.0. The minimum absolute atomic E-state index is 0.234. The van der Waals surface area contributed by atoms with E-state index in [4.69, 9.17) is 0 Å². The monoisotopic (exact) mass is 347 g/mol. The van der Waals surface area contributed by atoms with Crippen LogP contribution in [0.25, 0.3) is 0 Å². The van der Waals surface area contributed by atoms with E-state index in [0.29, 0.717) is 6.42 Å². The summed E-state index contributed by atoms with van der Waals surface area (Å²) in [6.07, 6.45) is 2.30. The van der Waals surface area contributed by atoms with Gasteiger partial charge in [-0.25, -0.2) is 4.39 Å². The number of benzene rings is 1. The van der Waals surface area contributed by atoms with Gasteiger partial charge in [0.2, 0.25) is 0 Å². The molecule has 5 heteroatoms. The van der Waals surface area contributed by atoms with Crippen molar-refractivity contribution in [1.82, 2.24) is 4.72 Å². The van der Waals surface area contributed by atoms with Crippen molar-refractivity contribution < 1.29 is 8.94 Å². The van der Waals surface area contributed by atoms with Crippen molar-refractivity contribution in [3.63, 3.8) is 0 Å². The van der Waals surface area contributed by atoms with Crippen molar-refractivity contribution >= 4 is 27.3 Å². The Morgan fingerprint density at radius 1 is 1.53 bits per heavy atom. The van der Waals surface area contributed by atoms with Gasteiger partial charge in [0.15, 0.2) is 0 Å². The van der Waals surface area contributed by atoms with Crippen molar-refractivity contribution in [3.8, 4) is 0 Å². The van der Waals surface area contributed by atoms with Crippen LogP contribution in [0.15, 0.2) is 35.3 Å². The summed E-state index contributed by atoms with van der Waals surface area (Å²) in [5, 5.41) is 0. The third kappa shape index (κ3) is 4.91. The van der Waals surface area contributed by atoms with Crippen LogP contribution in [-0.2, 0) is 11.4 Å². The number of hydrogen-bond acceptors (Lipinski definition) is 2. The molecule has 0 aliphatic heterocycles. The number of hydrogen-bond donors (Lipinski definition) is 1. The Morgan fingerprint density at radius 2 is 2.16 bits per heavy atom. The smallest absolute Gasteiger partial charge is 0.136 e. The van der Waals surface area contributed by atoms with Crippen LogP contribution in [0.3, 0.4) is 0 Å². The maximum absolute atomic E-state index is 13.4. The van der Waals surface area contributed by atoms with Gasteiger partial charge in [-0.3, -0.25) is 0 Å². The minimum Gasteiger partial charge on any atom is -0.598 e. The van der Waals surface area contributed by atoms with Crippen molar-refractivity contribution in [1.29, 1.82) is 0 Å². The molecular formula is C14H19BrFNOS. The molecule has 0 saturated heterocycles. The van der Waals surface area contributed by atoms with Gasteiger partial charge in [0.05, 0.1) is 6.04 Å². The zero-order valence-corrected chi connectivity index (χ0v) is 13.8. The summed E-state index contributed by atoms with van der Waals surface area (Å²) < 4.78 is 29.0. The molecule has 0 aromatic heterocycles. The van der Waals surface area contributed by atoms with E-state index < -0.39 is 11.4 Å². The molecule has 0 radical (unpaired) electrons. The van der Waals surface area contributed by atoms with Crippen molar-refractivity contribution in [3.05, 3.63) is 46.7 Å². The molecule has 1 rings (SSSR count). The standard InChI is InChI=1S/C14H19BrFNOS/c1-5-6-13(17-19(18)14(2,3)4)11-9-10(16)7-8-12(11)15/h5,7-9,13,17H,1,6H2,2-4H3/t13-,19?/m1/s1. The first-order valence-electron chi connectivity index (χ1n) is 5.99. The first-order chi connectivity index (χ1) is 8.75. The van der Waals surface area contributed by atoms with Gasteiger partial charge in [-0.1, -0.05) is 22.0 Å². The maximum atomic E-state index is 13.4. The summed E-state index contributed by atoms with van der Waals surface area (Å²) >= 11 is 2.18. The summed E-state index contributed by atoms with van der Waals surface area (Å²) in [4.78, 5) is 0. The average Bonchev–Trinajstić information content (AvgIpc) is 2.30. The fourth-order valence-corrected chi connectivity index (χ4v) is 2.85. The molecule has 1 N–H and O–H groups in total. The van der Waals surface area contributed by atoms with Gasteiger partial charge in [-0.2, -0.15) is 0 Å². The zero-order valence-electron chi connectivity index (χ0n) is 11.4. The van der Waals surface area contributed by atoms with Crippen LogP contribution in [-0.4, -0.2) is 9.30 Å². The molecule has 1 aromatic carbocycles. The van der Waals surface area contributed by atoms with E-state index in [1.807, 2.05) is 20.8 Å². The predicted molar refractivity (Wildman–Crippen MR) is 82.7 cm³/mol. The first-order valence-corrected chi connectivity index (χ1v) is 7.94. The van der Waals surface area contributed by atoms with E-state index in [2.05, 4.69) is 27.2 Å². The van der Waals surface area contributed by atoms with Crippen LogP contribution in [0.5, 0.6) is 0 Å². The van der Waals surface area contributed by atoms with Crippen LogP contribution < -0.4 is 4.72 Å². The Kier molecular flexibility index (Phi) is 6.05. The number of rotatable bonds is 5. The zero-order chi connectivity index (χ0) is 14.6. The van der Waals surface area contributed by atoms with Crippen molar-refractivity contribution in [2.75, 3.05) is 0 Å². The largest absolute Gasteiger partial charge is 0.598 e. The highest BCUT2D eigenvalue weighted by molar-refractivity contribution is 9.10. The van der Waals surface area contributed by atoms with E-state index in [1.54, 1.807) is 12.1 Å². The van der Waals surface area contributed by atoms with Gasteiger partial charge in [-0.05, 0) is 51.0 Å². The molecule has 0 spiro atoms. The third-order valence-corrected chi connectivity index (χ3v) is 4.87. The Morgan fingerprint density at radius 3 is 2.68 bits per heavy atom.